The highest BCUT2D eigenvalue weighted by molar-refractivity contribution is 5.76. The van der Waals surface area contributed by atoms with E-state index in [0.717, 1.165) is 11.1 Å². The van der Waals surface area contributed by atoms with Crippen molar-refractivity contribution in [2.75, 3.05) is 25.9 Å². The third-order valence-electron chi connectivity index (χ3n) is 4.05. The lowest BCUT2D eigenvalue weighted by Crippen LogP contribution is -2.52. The number of anilines is 1. The summed E-state index contributed by atoms with van der Waals surface area (Å²) in [5.74, 6) is 0.644. The quantitative estimate of drug-likeness (QED) is 0.866. The molecule has 7 heteroatoms. The lowest BCUT2D eigenvalue weighted by Gasteiger charge is -2.39. The average Bonchev–Trinajstić information content (AvgIpc) is 2.92. The molecule has 7 nitrogen and oxygen atoms in total. The van der Waals surface area contributed by atoms with Gasteiger partial charge in [-0.15, -0.1) is 0 Å². The molecule has 0 saturated carbocycles. The maximum absolute atomic E-state index is 12.0. The Morgan fingerprint density at radius 1 is 1.32 bits per heavy atom. The van der Waals surface area contributed by atoms with Crippen LogP contribution < -0.4 is 10.5 Å². The number of likely N-dealkylation sites (tertiary alicyclic amines) is 1. The molecule has 1 fully saturated rings. The van der Waals surface area contributed by atoms with Crippen molar-refractivity contribution in [2.24, 2.45) is 0 Å². The van der Waals surface area contributed by atoms with Gasteiger partial charge in [0.05, 0.1) is 25.0 Å². The van der Waals surface area contributed by atoms with Gasteiger partial charge in [-0.05, 0) is 26.8 Å². The molecule has 1 aromatic heterocycles. The third-order valence-corrected chi connectivity index (χ3v) is 4.05. The van der Waals surface area contributed by atoms with Gasteiger partial charge >= 0.3 is 6.09 Å². The Morgan fingerprint density at radius 2 is 2.04 bits per heavy atom. The second-order valence-electron chi connectivity index (χ2n) is 7.18. The standard InChI is InChI=1S/C18H24N4O3/c1-18(2,3)25-17(23)21-10-13(11-21)22-9-12(8-20-22)14-6-5-7-15(19)16(14)24-4/h5-9,13H,10-11,19H2,1-4H3. The highest BCUT2D eigenvalue weighted by Gasteiger charge is 2.35. The normalized spacial score (nSPS) is 15.0. The molecule has 1 aromatic carbocycles. The van der Waals surface area contributed by atoms with Crippen LogP contribution >= 0.6 is 0 Å². The topological polar surface area (TPSA) is 82.6 Å². The van der Waals surface area contributed by atoms with Crippen LogP contribution in [0.2, 0.25) is 0 Å². The fraction of sp³-hybridized carbons (Fsp3) is 0.444. The minimum atomic E-state index is -0.481. The number of nitrogens with zero attached hydrogens (tertiary/aromatic N) is 3. The largest absolute Gasteiger partial charge is 0.494 e. The predicted octanol–water partition coefficient (Wildman–Crippen LogP) is 2.93. The monoisotopic (exact) mass is 344 g/mol. The van der Waals surface area contributed by atoms with E-state index in [0.29, 0.717) is 24.5 Å². The van der Waals surface area contributed by atoms with Crippen molar-refractivity contribution >= 4 is 11.8 Å². The van der Waals surface area contributed by atoms with Crippen molar-refractivity contribution in [1.29, 1.82) is 0 Å². The summed E-state index contributed by atoms with van der Waals surface area (Å²) in [6, 6.07) is 5.79. The molecule has 1 saturated heterocycles. The van der Waals surface area contributed by atoms with Crippen molar-refractivity contribution in [2.45, 2.75) is 32.4 Å². The Labute approximate surface area is 147 Å². The highest BCUT2D eigenvalue weighted by atomic mass is 16.6. The maximum Gasteiger partial charge on any atom is 0.410 e. The molecule has 1 aliphatic rings. The number of nitrogens with two attached hydrogens (primary N) is 1. The molecule has 2 N–H and O–H groups in total. The molecular formula is C18H24N4O3. The van der Waals surface area contributed by atoms with Crippen LogP contribution in [0.15, 0.2) is 30.6 Å². The maximum atomic E-state index is 12.0. The molecule has 134 valence electrons. The summed E-state index contributed by atoms with van der Waals surface area (Å²) < 4.78 is 12.6. The summed E-state index contributed by atoms with van der Waals surface area (Å²) in [6.07, 6.45) is 3.45. The molecule has 2 heterocycles. The van der Waals surface area contributed by atoms with Crippen LogP contribution in [0.4, 0.5) is 10.5 Å². The summed E-state index contributed by atoms with van der Waals surface area (Å²) in [7, 11) is 1.60. The van der Waals surface area contributed by atoms with Crippen LogP contribution in [0.25, 0.3) is 11.1 Å². The molecule has 0 unspecified atom stereocenters. The molecular weight excluding hydrogens is 320 g/mol. The van der Waals surface area contributed by atoms with Gasteiger partial charge < -0.3 is 20.1 Å². The SMILES string of the molecule is COc1c(N)cccc1-c1cnn(C2CN(C(=O)OC(C)(C)C)C2)c1. The summed E-state index contributed by atoms with van der Waals surface area (Å²) in [4.78, 5) is 13.7. The predicted molar refractivity (Wildman–Crippen MR) is 95.5 cm³/mol. The van der Waals surface area contributed by atoms with E-state index < -0.39 is 5.60 Å². The molecule has 0 atom stereocenters. The summed E-state index contributed by atoms with van der Waals surface area (Å²) in [6.45, 7) is 6.76. The van der Waals surface area contributed by atoms with Crippen molar-refractivity contribution < 1.29 is 14.3 Å². The summed E-state index contributed by atoms with van der Waals surface area (Å²) >= 11 is 0. The number of rotatable bonds is 3. The summed E-state index contributed by atoms with van der Waals surface area (Å²) in [5.41, 5.74) is 7.90. The fourth-order valence-corrected chi connectivity index (χ4v) is 2.79. The Bertz CT molecular complexity index is 773. The first-order valence-corrected chi connectivity index (χ1v) is 8.23. The average molecular weight is 344 g/mol. The van der Waals surface area contributed by atoms with Crippen molar-refractivity contribution in [3.05, 3.63) is 30.6 Å². The fourth-order valence-electron chi connectivity index (χ4n) is 2.79. The van der Waals surface area contributed by atoms with Gasteiger partial charge in [0, 0.05) is 30.4 Å². The summed E-state index contributed by atoms with van der Waals surface area (Å²) in [5, 5.41) is 4.43. The smallest absolute Gasteiger partial charge is 0.410 e. The number of hydrogen-bond donors (Lipinski definition) is 1. The minimum absolute atomic E-state index is 0.147. The first-order chi connectivity index (χ1) is 11.8. The van der Waals surface area contributed by atoms with Gasteiger partial charge in [0.1, 0.15) is 11.4 Å². The molecule has 0 bridgehead atoms. The van der Waals surface area contributed by atoms with Crippen LogP contribution in [0.3, 0.4) is 0 Å². The third kappa shape index (κ3) is 3.55. The van der Waals surface area contributed by atoms with E-state index in [4.69, 9.17) is 15.2 Å². The van der Waals surface area contributed by atoms with Crippen LogP contribution in [-0.4, -0.2) is 46.6 Å². The van der Waals surface area contributed by atoms with Gasteiger partial charge in [-0.25, -0.2) is 4.79 Å². The number of nitrogen functional groups attached to an aromatic ring is 1. The first kappa shape index (κ1) is 17.1. The van der Waals surface area contributed by atoms with E-state index >= 15 is 0 Å². The first-order valence-electron chi connectivity index (χ1n) is 8.23. The number of methoxy groups -OCH3 is 1. The molecule has 25 heavy (non-hydrogen) atoms. The van der Waals surface area contributed by atoms with Crippen LogP contribution in [0, 0.1) is 0 Å². The number of para-hydroxylation sites is 1. The van der Waals surface area contributed by atoms with Crippen molar-refractivity contribution in [1.82, 2.24) is 14.7 Å². The molecule has 1 aliphatic heterocycles. The molecule has 2 aromatic rings. The lowest BCUT2D eigenvalue weighted by molar-refractivity contribution is -0.000380. The van der Waals surface area contributed by atoms with Gasteiger partial charge in [0.15, 0.2) is 0 Å². The minimum Gasteiger partial charge on any atom is -0.494 e. The molecule has 0 spiro atoms. The Hall–Kier alpha value is -2.70. The number of carbonyl (C=O) groups is 1. The van der Waals surface area contributed by atoms with E-state index in [-0.39, 0.29) is 12.1 Å². The number of ether oxygens (including phenoxy) is 2. The highest BCUT2D eigenvalue weighted by Crippen LogP contribution is 2.35. The zero-order valence-corrected chi connectivity index (χ0v) is 15.0. The Balaban J connectivity index is 1.68. The van der Waals surface area contributed by atoms with Gasteiger partial charge in [-0.3, -0.25) is 4.68 Å². The second-order valence-corrected chi connectivity index (χ2v) is 7.18. The van der Waals surface area contributed by atoms with Crippen LogP contribution in [0.5, 0.6) is 5.75 Å². The van der Waals surface area contributed by atoms with Crippen molar-refractivity contribution in [3.8, 4) is 16.9 Å². The zero-order valence-electron chi connectivity index (χ0n) is 15.0. The Morgan fingerprint density at radius 3 is 2.68 bits per heavy atom. The zero-order chi connectivity index (χ0) is 18.2. The molecule has 0 radical (unpaired) electrons. The Kier molecular flexibility index (Phi) is 4.32. The number of carbonyl (C=O) groups excluding carboxylic acids is 1. The number of benzene rings is 1. The van der Waals surface area contributed by atoms with Gasteiger partial charge in [-0.1, -0.05) is 12.1 Å². The van der Waals surface area contributed by atoms with Crippen LogP contribution in [-0.2, 0) is 4.74 Å². The number of amides is 1. The molecule has 1 amide bonds. The molecule has 3 rings (SSSR count). The lowest BCUT2D eigenvalue weighted by atomic mass is 10.1. The number of hydrogen-bond acceptors (Lipinski definition) is 5. The number of aromatic nitrogens is 2. The van der Waals surface area contributed by atoms with Crippen LogP contribution in [0.1, 0.15) is 26.8 Å². The van der Waals surface area contributed by atoms with Crippen molar-refractivity contribution in [3.63, 3.8) is 0 Å². The van der Waals surface area contributed by atoms with E-state index in [2.05, 4.69) is 5.10 Å². The van der Waals surface area contributed by atoms with Gasteiger partial charge in [0.2, 0.25) is 0 Å². The van der Waals surface area contributed by atoms with Gasteiger partial charge in [-0.2, -0.15) is 5.10 Å². The van der Waals surface area contributed by atoms with E-state index in [1.807, 2.05) is 43.8 Å². The van der Waals surface area contributed by atoms with E-state index in [9.17, 15) is 4.79 Å². The van der Waals surface area contributed by atoms with E-state index in [1.54, 1.807) is 24.3 Å². The van der Waals surface area contributed by atoms with Gasteiger partial charge in [0.25, 0.3) is 0 Å². The van der Waals surface area contributed by atoms with E-state index in [1.165, 1.54) is 0 Å². The molecule has 0 aliphatic carbocycles. The second kappa shape index (κ2) is 6.31.